The quantitative estimate of drug-likeness (QED) is 0.162. The molecule has 0 spiro atoms. The summed E-state index contributed by atoms with van der Waals surface area (Å²) in [6, 6.07) is 39.2. The lowest BCUT2D eigenvalue weighted by Gasteiger charge is -2.46. The summed E-state index contributed by atoms with van der Waals surface area (Å²) in [7, 11) is 0. The Bertz CT molecular complexity index is 1320. The van der Waals surface area contributed by atoms with Crippen molar-refractivity contribution >= 4 is 23.2 Å². The lowest BCUT2D eigenvalue weighted by Crippen LogP contribution is -2.49. The fourth-order valence-electron chi connectivity index (χ4n) is 6.88. The maximum Gasteiger partial charge on any atom is 0.0595 e. The summed E-state index contributed by atoms with van der Waals surface area (Å²) in [5.41, 5.74) is 5.09. The van der Waals surface area contributed by atoms with Gasteiger partial charge in [0.05, 0.1) is 10.0 Å². The molecule has 0 bridgehead atoms. The molecule has 1 heterocycles. The van der Waals surface area contributed by atoms with Gasteiger partial charge in [0.15, 0.2) is 0 Å². The zero-order valence-electron chi connectivity index (χ0n) is 24.4. The topological polar surface area (TPSA) is 6.48 Å². The van der Waals surface area contributed by atoms with Gasteiger partial charge in [-0.25, -0.2) is 0 Å². The Hall–Kier alpha value is -2.62. The van der Waals surface area contributed by atoms with Crippen LogP contribution >= 0.6 is 23.2 Å². The highest BCUT2D eigenvalue weighted by atomic mass is 35.5. The predicted octanol–water partition coefficient (Wildman–Crippen LogP) is 9.09. The summed E-state index contributed by atoms with van der Waals surface area (Å²) in [6.07, 6.45) is 3.29. The fourth-order valence-corrected chi connectivity index (χ4v) is 7.17. The Morgan fingerprint density at radius 2 is 1.22 bits per heavy atom. The van der Waals surface area contributed by atoms with Crippen LogP contribution in [-0.4, -0.2) is 49.1 Å². The summed E-state index contributed by atoms with van der Waals surface area (Å²) in [5, 5.41) is 1.19. The van der Waals surface area contributed by atoms with Crippen LogP contribution in [0.1, 0.15) is 55.4 Å². The third-order valence-corrected chi connectivity index (χ3v) is 10.1. The first-order valence-electron chi connectivity index (χ1n) is 15.1. The number of nitrogens with zero attached hydrogens (tertiary/aromatic N) is 2. The Morgan fingerprint density at radius 1 is 0.683 bits per heavy atom. The van der Waals surface area contributed by atoms with E-state index in [2.05, 4.69) is 127 Å². The third kappa shape index (κ3) is 6.42. The van der Waals surface area contributed by atoms with Crippen LogP contribution in [0.3, 0.4) is 0 Å². The Morgan fingerprint density at radius 3 is 1.73 bits per heavy atom. The van der Waals surface area contributed by atoms with E-state index in [4.69, 9.17) is 23.2 Å². The minimum absolute atomic E-state index is 0.198. The van der Waals surface area contributed by atoms with Crippen LogP contribution in [-0.2, 0) is 10.8 Å². The molecular weight excluding hydrogens is 543 g/mol. The molecule has 0 atom stereocenters. The highest BCUT2D eigenvalue weighted by molar-refractivity contribution is 6.42. The lowest BCUT2D eigenvalue weighted by atomic mass is 9.67. The number of benzene rings is 4. The molecule has 214 valence electrons. The molecular formula is C37H42Cl2N2. The van der Waals surface area contributed by atoms with Gasteiger partial charge in [0.25, 0.3) is 0 Å². The number of likely N-dealkylation sites (tertiary alicyclic amines) is 1. The number of halogens is 2. The summed E-state index contributed by atoms with van der Waals surface area (Å²) in [4.78, 5) is 5.28. The molecule has 0 aromatic heterocycles. The maximum absolute atomic E-state index is 6.65. The summed E-state index contributed by atoms with van der Waals surface area (Å²) >= 11 is 13.1. The standard InChI is InChI=1S/C37H42Cl2N2/c1-3-40(4-2)29-36(30-14-8-5-9-15-30)22-25-41(26-23-36)27-24-37(31-16-10-6-11-17-31,32-18-12-7-13-19-32)33-20-21-34(38)35(39)28-33/h5-21,28H,3-4,22-27,29H2,1-2H3. The largest absolute Gasteiger partial charge is 0.303 e. The normalized spacial score (nSPS) is 15.7. The van der Waals surface area contributed by atoms with Gasteiger partial charge in [-0.1, -0.05) is 134 Å². The zero-order chi connectivity index (χ0) is 28.7. The lowest BCUT2D eigenvalue weighted by molar-refractivity contribution is 0.116. The first kappa shape index (κ1) is 29.9. The molecule has 0 radical (unpaired) electrons. The second-order valence-corrected chi connectivity index (χ2v) is 12.3. The van der Waals surface area contributed by atoms with Crippen LogP contribution in [0.15, 0.2) is 109 Å². The first-order valence-corrected chi connectivity index (χ1v) is 15.8. The van der Waals surface area contributed by atoms with Crippen LogP contribution in [0.4, 0.5) is 0 Å². The minimum Gasteiger partial charge on any atom is -0.303 e. The van der Waals surface area contributed by atoms with Crippen LogP contribution in [0.2, 0.25) is 10.0 Å². The van der Waals surface area contributed by atoms with Gasteiger partial charge in [-0.15, -0.1) is 0 Å². The van der Waals surface area contributed by atoms with Crippen molar-refractivity contribution in [3.8, 4) is 0 Å². The van der Waals surface area contributed by atoms with Gasteiger partial charge in [-0.2, -0.15) is 0 Å². The van der Waals surface area contributed by atoms with Crippen molar-refractivity contribution in [2.24, 2.45) is 0 Å². The number of hydrogen-bond donors (Lipinski definition) is 0. The van der Waals surface area contributed by atoms with Crippen LogP contribution in [0.5, 0.6) is 0 Å². The van der Waals surface area contributed by atoms with Gasteiger partial charge in [0, 0.05) is 17.4 Å². The van der Waals surface area contributed by atoms with Gasteiger partial charge in [0.1, 0.15) is 0 Å². The van der Waals surface area contributed by atoms with Gasteiger partial charge < -0.3 is 9.80 Å². The molecule has 1 aliphatic rings. The Kier molecular flexibility index (Phi) is 9.88. The predicted molar refractivity (Wildman–Crippen MR) is 175 cm³/mol. The van der Waals surface area contributed by atoms with Crippen molar-refractivity contribution in [3.63, 3.8) is 0 Å². The molecule has 0 N–H and O–H groups in total. The van der Waals surface area contributed by atoms with E-state index < -0.39 is 0 Å². The number of rotatable bonds is 11. The monoisotopic (exact) mass is 584 g/mol. The van der Waals surface area contributed by atoms with E-state index in [0.717, 1.165) is 45.7 Å². The maximum atomic E-state index is 6.65. The third-order valence-electron chi connectivity index (χ3n) is 9.37. The molecule has 0 unspecified atom stereocenters. The van der Waals surface area contributed by atoms with E-state index in [1.165, 1.54) is 35.1 Å². The fraction of sp³-hybridized carbons (Fsp3) is 0.351. The molecule has 0 amide bonds. The second-order valence-electron chi connectivity index (χ2n) is 11.5. The van der Waals surface area contributed by atoms with Crippen molar-refractivity contribution in [2.45, 2.75) is 43.9 Å². The molecule has 4 aromatic carbocycles. The van der Waals surface area contributed by atoms with E-state index in [9.17, 15) is 0 Å². The van der Waals surface area contributed by atoms with Gasteiger partial charge >= 0.3 is 0 Å². The molecule has 1 aliphatic heterocycles. The van der Waals surface area contributed by atoms with Gasteiger partial charge in [0.2, 0.25) is 0 Å². The molecule has 1 saturated heterocycles. The molecule has 0 saturated carbocycles. The molecule has 4 heteroatoms. The van der Waals surface area contributed by atoms with Crippen molar-refractivity contribution < 1.29 is 0 Å². The molecule has 41 heavy (non-hydrogen) atoms. The average molecular weight is 586 g/mol. The van der Waals surface area contributed by atoms with E-state index in [1.807, 2.05) is 6.07 Å². The smallest absolute Gasteiger partial charge is 0.0595 e. The average Bonchev–Trinajstić information content (AvgIpc) is 3.04. The second kappa shape index (κ2) is 13.6. The molecule has 5 rings (SSSR count). The van der Waals surface area contributed by atoms with Crippen LogP contribution in [0, 0.1) is 0 Å². The molecule has 1 fully saturated rings. The SMILES string of the molecule is CCN(CC)CC1(c2ccccc2)CCN(CCC(c2ccccc2)(c2ccccc2)c2ccc(Cl)c(Cl)c2)CC1. The van der Waals surface area contributed by atoms with Gasteiger partial charge in [-0.05, 0) is 86.4 Å². The van der Waals surface area contributed by atoms with E-state index in [0.29, 0.717) is 10.0 Å². The highest BCUT2D eigenvalue weighted by Gasteiger charge is 2.40. The number of piperidine rings is 1. The summed E-state index contributed by atoms with van der Waals surface area (Å²) in [6.45, 7) is 11.1. The van der Waals surface area contributed by atoms with Crippen molar-refractivity contribution in [1.29, 1.82) is 0 Å². The summed E-state index contributed by atoms with van der Waals surface area (Å²) < 4.78 is 0. The minimum atomic E-state index is -0.341. The number of hydrogen-bond acceptors (Lipinski definition) is 2. The van der Waals surface area contributed by atoms with Crippen molar-refractivity contribution in [2.75, 3.05) is 39.3 Å². The molecule has 2 nitrogen and oxygen atoms in total. The summed E-state index contributed by atoms with van der Waals surface area (Å²) in [5.74, 6) is 0. The van der Waals surface area contributed by atoms with E-state index >= 15 is 0 Å². The van der Waals surface area contributed by atoms with Gasteiger partial charge in [-0.3, -0.25) is 0 Å². The number of likely N-dealkylation sites (N-methyl/N-ethyl adjacent to an activating group) is 1. The van der Waals surface area contributed by atoms with Crippen molar-refractivity contribution in [1.82, 2.24) is 9.80 Å². The molecule has 0 aliphatic carbocycles. The Labute approximate surface area is 256 Å². The van der Waals surface area contributed by atoms with E-state index in [1.54, 1.807) is 0 Å². The first-order chi connectivity index (χ1) is 20.0. The Balaban J connectivity index is 1.46. The van der Waals surface area contributed by atoms with Crippen LogP contribution < -0.4 is 0 Å². The van der Waals surface area contributed by atoms with Crippen molar-refractivity contribution in [3.05, 3.63) is 141 Å². The molecule has 4 aromatic rings. The highest BCUT2D eigenvalue weighted by Crippen LogP contribution is 2.44. The van der Waals surface area contributed by atoms with Crippen LogP contribution in [0.25, 0.3) is 0 Å². The zero-order valence-corrected chi connectivity index (χ0v) is 25.9. The van der Waals surface area contributed by atoms with E-state index in [-0.39, 0.29) is 10.8 Å².